The second kappa shape index (κ2) is 8.27. The third-order valence-electron chi connectivity index (χ3n) is 3.06. The molecule has 0 unspecified atom stereocenters. The third kappa shape index (κ3) is 4.77. The number of benzene rings is 1. The molecule has 0 spiro atoms. The molecule has 2 aromatic rings. The Kier molecular flexibility index (Phi) is 6.67. The number of hydrogen-bond donors (Lipinski definition) is 1. The van der Waals surface area contributed by atoms with Crippen LogP contribution >= 0.6 is 43.2 Å². The van der Waals surface area contributed by atoms with Crippen molar-refractivity contribution in [3.63, 3.8) is 0 Å². The Labute approximate surface area is 146 Å². The van der Waals surface area contributed by atoms with E-state index in [-0.39, 0.29) is 0 Å². The number of nitrogens with one attached hydrogen (secondary N) is 1. The first-order valence-corrected chi connectivity index (χ1v) is 9.28. The van der Waals surface area contributed by atoms with E-state index in [1.165, 1.54) is 10.4 Å². The number of ether oxygens (including phenoxy) is 1. The molecule has 0 atom stereocenters. The zero-order valence-electron chi connectivity index (χ0n) is 12.1. The van der Waals surface area contributed by atoms with Crippen LogP contribution in [0.4, 0.5) is 0 Å². The largest absolute Gasteiger partial charge is 0.491 e. The van der Waals surface area contributed by atoms with Gasteiger partial charge in [0.15, 0.2) is 0 Å². The zero-order chi connectivity index (χ0) is 15.2. The molecule has 0 saturated carbocycles. The van der Waals surface area contributed by atoms with Crippen LogP contribution in [0.15, 0.2) is 26.6 Å². The zero-order valence-corrected chi connectivity index (χ0v) is 16.1. The summed E-state index contributed by atoms with van der Waals surface area (Å²) < 4.78 is 7.88. The second-order valence-corrected chi connectivity index (χ2v) is 7.28. The lowest BCUT2D eigenvalue weighted by atomic mass is 10.2. The first-order valence-electron chi connectivity index (χ1n) is 6.82. The summed E-state index contributed by atoms with van der Waals surface area (Å²) in [5.74, 6) is 0.859. The summed E-state index contributed by atoms with van der Waals surface area (Å²) >= 11 is 8.86. The molecule has 2 rings (SSSR count). The summed E-state index contributed by atoms with van der Waals surface area (Å²) in [5.41, 5.74) is 4.20. The van der Waals surface area contributed by atoms with Crippen molar-refractivity contribution < 1.29 is 4.74 Å². The van der Waals surface area contributed by atoms with E-state index in [1.807, 2.05) is 12.4 Å². The molecule has 0 aliphatic heterocycles. The van der Waals surface area contributed by atoms with E-state index in [0.717, 1.165) is 39.9 Å². The molecule has 0 radical (unpaired) electrons. The molecule has 1 heterocycles. The summed E-state index contributed by atoms with van der Waals surface area (Å²) in [4.78, 5) is 5.54. The van der Waals surface area contributed by atoms with Crippen LogP contribution in [0.2, 0.25) is 0 Å². The van der Waals surface area contributed by atoms with Crippen LogP contribution in [0.5, 0.6) is 5.75 Å². The average molecular weight is 434 g/mol. The molecular formula is C15H18Br2N2OS. The molecular weight excluding hydrogens is 416 g/mol. The summed E-state index contributed by atoms with van der Waals surface area (Å²) in [6, 6.07) is 4.20. The average Bonchev–Trinajstić information content (AvgIpc) is 2.85. The highest BCUT2D eigenvalue weighted by molar-refractivity contribution is 9.11. The van der Waals surface area contributed by atoms with E-state index < -0.39 is 0 Å². The van der Waals surface area contributed by atoms with E-state index in [9.17, 15) is 0 Å². The maximum Gasteiger partial charge on any atom is 0.147 e. The topological polar surface area (TPSA) is 34.1 Å². The van der Waals surface area contributed by atoms with Crippen molar-refractivity contribution in [2.45, 2.75) is 26.8 Å². The Hall–Kier alpha value is -0.430. The van der Waals surface area contributed by atoms with E-state index >= 15 is 0 Å². The molecule has 6 heteroatoms. The number of halogens is 2. The fourth-order valence-corrected chi connectivity index (χ4v) is 4.21. The van der Waals surface area contributed by atoms with Crippen LogP contribution in [-0.4, -0.2) is 18.1 Å². The second-order valence-electron chi connectivity index (χ2n) is 4.63. The van der Waals surface area contributed by atoms with Gasteiger partial charge < -0.3 is 10.1 Å². The van der Waals surface area contributed by atoms with Gasteiger partial charge in [-0.05, 0) is 63.0 Å². The van der Waals surface area contributed by atoms with Gasteiger partial charge in [0.1, 0.15) is 5.75 Å². The Morgan fingerprint density at radius 1 is 1.29 bits per heavy atom. The van der Waals surface area contributed by atoms with Crippen molar-refractivity contribution in [2.24, 2.45) is 0 Å². The summed E-state index contributed by atoms with van der Waals surface area (Å²) in [7, 11) is 0. The van der Waals surface area contributed by atoms with Crippen molar-refractivity contribution in [1.29, 1.82) is 0 Å². The maximum absolute atomic E-state index is 5.92. The van der Waals surface area contributed by atoms with Crippen LogP contribution in [0.3, 0.4) is 0 Å². The molecule has 0 amide bonds. The van der Waals surface area contributed by atoms with Crippen molar-refractivity contribution >= 4 is 43.2 Å². The van der Waals surface area contributed by atoms with Gasteiger partial charge in [-0.3, -0.25) is 0 Å². The van der Waals surface area contributed by atoms with Gasteiger partial charge in [-0.15, -0.1) is 11.3 Å². The van der Waals surface area contributed by atoms with E-state index in [0.29, 0.717) is 6.61 Å². The standard InChI is InChI=1S/C15H18Br2N2OS/c1-3-18-8-11-6-12(16)15(13(17)7-11)20-5-4-14-10(2)19-9-21-14/h6-7,9,18H,3-5,8H2,1-2H3. The lowest BCUT2D eigenvalue weighted by molar-refractivity contribution is 0.318. The summed E-state index contributed by atoms with van der Waals surface area (Å²) in [6.45, 7) is 6.60. The Bertz CT molecular complexity index is 578. The first-order chi connectivity index (χ1) is 10.1. The maximum atomic E-state index is 5.92. The minimum atomic E-state index is 0.646. The SMILES string of the molecule is CCNCc1cc(Br)c(OCCc2scnc2C)c(Br)c1. The number of aromatic nitrogens is 1. The van der Waals surface area contributed by atoms with Gasteiger partial charge in [0.25, 0.3) is 0 Å². The van der Waals surface area contributed by atoms with Crippen molar-refractivity contribution in [3.8, 4) is 5.75 Å². The molecule has 1 N–H and O–H groups in total. The molecule has 0 aliphatic rings. The first kappa shape index (κ1) is 16.9. The molecule has 1 aromatic carbocycles. The van der Waals surface area contributed by atoms with Crippen LogP contribution < -0.4 is 10.1 Å². The highest BCUT2D eigenvalue weighted by Gasteiger charge is 2.10. The third-order valence-corrected chi connectivity index (χ3v) is 5.23. The Balaban J connectivity index is 1.98. The van der Waals surface area contributed by atoms with Gasteiger partial charge >= 0.3 is 0 Å². The number of thiazole rings is 1. The van der Waals surface area contributed by atoms with Crippen LogP contribution in [0.1, 0.15) is 23.1 Å². The number of hydrogen-bond acceptors (Lipinski definition) is 4. The van der Waals surface area contributed by atoms with Gasteiger partial charge in [-0.2, -0.15) is 0 Å². The predicted molar refractivity (Wildman–Crippen MR) is 95.3 cm³/mol. The van der Waals surface area contributed by atoms with Gasteiger partial charge in [0, 0.05) is 17.8 Å². The number of nitrogens with zero attached hydrogens (tertiary/aromatic N) is 1. The summed E-state index contributed by atoms with van der Waals surface area (Å²) in [5, 5.41) is 3.32. The van der Waals surface area contributed by atoms with Crippen LogP contribution in [0.25, 0.3) is 0 Å². The number of rotatable bonds is 7. The highest BCUT2D eigenvalue weighted by Crippen LogP contribution is 2.35. The minimum absolute atomic E-state index is 0.646. The van der Waals surface area contributed by atoms with Crippen molar-refractivity contribution in [3.05, 3.63) is 42.7 Å². The minimum Gasteiger partial charge on any atom is -0.491 e. The molecule has 21 heavy (non-hydrogen) atoms. The molecule has 0 fully saturated rings. The van der Waals surface area contributed by atoms with E-state index in [2.05, 4.69) is 61.2 Å². The molecule has 0 bridgehead atoms. The van der Waals surface area contributed by atoms with Crippen LogP contribution in [-0.2, 0) is 13.0 Å². The highest BCUT2D eigenvalue weighted by atomic mass is 79.9. The predicted octanol–water partition coefficient (Wildman–Crippen LogP) is 4.71. The molecule has 0 saturated heterocycles. The smallest absolute Gasteiger partial charge is 0.147 e. The lowest BCUT2D eigenvalue weighted by Crippen LogP contribution is -2.12. The lowest BCUT2D eigenvalue weighted by Gasteiger charge is -2.12. The van der Waals surface area contributed by atoms with Crippen molar-refractivity contribution in [1.82, 2.24) is 10.3 Å². The summed E-state index contributed by atoms with van der Waals surface area (Å²) in [6.07, 6.45) is 0.883. The van der Waals surface area contributed by atoms with Crippen molar-refractivity contribution in [2.75, 3.05) is 13.2 Å². The van der Waals surface area contributed by atoms with E-state index in [1.54, 1.807) is 11.3 Å². The molecule has 1 aromatic heterocycles. The molecule has 114 valence electrons. The van der Waals surface area contributed by atoms with Gasteiger partial charge in [-0.25, -0.2) is 4.98 Å². The number of aryl methyl sites for hydroxylation is 1. The normalized spacial score (nSPS) is 10.9. The Morgan fingerprint density at radius 2 is 2.00 bits per heavy atom. The Morgan fingerprint density at radius 3 is 2.57 bits per heavy atom. The van der Waals surface area contributed by atoms with Gasteiger partial charge in [-0.1, -0.05) is 6.92 Å². The molecule has 3 nitrogen and oxygen atoms in total. The van der Waals surface area contributed by atoms with E-state index in [4.69, 9.17) is 4.74 Å². The van der Waals surface area contributed by atoms with Crippen LogP contribution in [0, 0.1) is 6.92 Å². The van der Waals surface area contributed by atoms with Gasteiger partial charge in [0.05, 0.1) is 26.8 Å². The fourth-order valence-electron chi connectivity index (χ4n) is 1.93. The quantitative estimate of drug-likeness (QED) is 0.686. The monoisotopic (exact) mass is 432 g/mol. The van der Waals surface area contributed by atoms with Gasteiger partial charge in [0.2, 0.25) is 0 Å². The molecule has 0 aliphatic carbocycles. The fraction of sp³-hybridized carbons (Fsp3) is 0.400.